The van der Waals surface area contributed by atoms with Crippen molar-refractivity contribution in [2.24, 2.45) is 5.92 Å². The van der Waals surface area contributed by atoms with Crippen molar-refractivity contribution in [1.29, 1.82) is 0 Å². The van der Waals surface area contributed by atoms with E-state index in [0.717, 1.165) is 17.5 Å². The Balaban J connectivity index is 1.88. The normalized spacial score (nSPS) is 17.0. The van der Waals surface area contributed by atoms with Crippen LogP contribution < -0.4 is 5.32 Å². The van der Waals surface area contributed by atoms with Gasteiger partial charge in [0.15, 0.2) is 8.32 Å². The van der Waals surface area contributed by atoms with E-state index in [1.165, 1.54) is 7.11 Å². The third-order valence-electron chi connectivity index (χ3n) is 8.77. The highest BCUT2D eigenvalue weighted by atomic mass is 32.2. The van der Waals surface area contributed by atoms with Crippen molar-refractivity contribution in [3.05, 3.63) is 76.3 Å². The number of allylic oxidation sites excluding steroid dienone is 2. The van der Waals surface area contributed by atoms with Crippen LogP contribution in [0.5, 0.6) is 0 Å². The number of ether oxygens (including phenoxy) is 2. The number of sulfone groups is 1. The molecule has 0 aromatic heterocycles. The molecule has 43 heavy (non-hydrogen) atoms. The van der Waals surface area contributed by atoms with E-state index < -0.39 is 18.2 Å². The molecule has 1 aliphatic rings. The molecule has 238 valence electrons. The van der Waals surface area contributed by atoms with Gasteiger partial charge in [0.05, 0.1) is 30.1 Å². The van der Waals surface area contributed by atoms with Crippen LogP contribution in [0, 0.1) is 12.8 Å². The lowest BCUT2D eigenvalue weighted by Crippen LogP contribution is -2.47. The first kappa shape index (κ1) is 35.0. The number of carbonyl (C=O) groups excluding carboxylic acids is 1. The van der Waals surface area contributed by atoms with Gasteiger partial charge in [-0.1, -0.05) is 68.8 Å². The number of nitrogens with one attached hydrogen (secondary N) is 1. The van der Waals surface area contributed by atoms with Gasteiger partial charge in [-0.05, 0) is 74.9 Å². The molecule has 0 unspecified atom stereocenters. The van der Waals surface area contributed by atoms with Gasteiger partial charge in [0.25, 0.3) is 0 Å². The highest BCUT2D eigenvalue weighted by molar-refractivity contribution is 7.95. The molecular weight excluding hydrogens is 579 g/mol. The van der Waals surface area contributed by atoms with Gasteiger partial charge in [0.1, 0.15) is 0 Å². The zero-order chi connectivity index (χ0) is 31.7. The predicted molar refractivity (Wildman–Crippen MR) is 175 cm³/mol. The molecule has 1 aliphatic heterocycles. The van der Waals surface area contributed by atoms with Crippen LogP contribution in [-0.2, 0) is 35.1 Å². The Bertz CT molecular complexity index is 1320. The van der Waals surface area contributed by atoms with Crippen LogP contribution in [0.1, 0.15) is 70.4 Å². The lowest BCUT2D eigenvalue weighted by atomic mass is 9.90. The van der Waals surface area contributed by atoms with Gasteiger partial charge in [-0.25, -0.2) is 8.42 Å². The van der Waals surface area contributed by atoms with E-state index in [2.05, 4.69) is 39.2 Å². The second-order valence-corrected chi connectivity index (χ2v) is 19.9. The molecule has 0 radical (unpaired) electrons. The molecule has 3 rings (SSSR count). The smallest absolute Gasteiger partial charge is 0.305 e. The Hall–Kier alpha value is -2.46. The van der Waals surface area contributed by atoms with Gasteiger partial charge in [-0.2, -0.15) is 0 Å². The number of aryl methyl sites for hydroxylation is 1. The van der Waals surface area contributed by atoms with Crippen molar-refractivity contribution in [3.63, 3.8) is 0 Å². The minimum Gasteiger partial charge on any atom is -0.469 e. The maximum absolute atomic E-state index is 14.1. The van der Waals surface area contributed by atoms with Crippen molar-refractivity contribution in [1.82, 2.24) is 5.32 Å². The van der Waals surface area contributed by atoms with Gasteiger partial charge in [-0.15, -0.1) is 0 Å². The highest BCUT2D eigenvalue weighted by Crippen LogP contribution is 2.38. The molecule has 2 aromatic carbocycles. The van der Waals surface area contributed by atoms with Gasteiger partial charge in [0, 0.05) is 30.7 Å². The van der Waals surface area contributed by atoms with Crippen molar-refractivity contribution < 1.29 is 27.1 Å². The van der Waals surface area contributed by atoms with Gasteiger partial charge < -0.3 is 19.2 Å². The fourth-order valence-corrected chi connectivity index (χ4v) is 7.70. The molecule has 2 aromatic rings. The first-order valence-electron chi connectivity index (χ1n) is 15.4. The molecule has 2 atom stereocenters. The Labute approximate surface area is 260 Å². The Morgan fingerprint density at radius 2 is 1.72 bits per heavy atom. The van der Waals surface area contributed by atoms with Crippen LogP contribution in [0.15, 0.2) is 70.1 Å². The second-order valence-electron chi connectivity index (χ2n) is 13.1. The first-order valence-corrected chi connectivity index (χ1v) is 19.8. The maximum Gasteiger partial charge on any atom is 0.305 e. The number of carbonyl (C=O) groups is 1. The number of rotatable bonds is 15. The third-order valence-corrected chi connectivity index (χ3v) is 15.2. The molecule has 0 saturated heterocycles. The zero-order valence-corrected chi connectivity index (χ0v) is 28.9. The van der Waals surface area contributed by atoms with Gasteiger partial charge in [-0.3, -0.25) is 4.79 Å². The molecule has 7 nitrogen and oxygen atoms in total. The molecule has 1 heterocycles. The van der Waals surface area contributed by atoms with Crippen molar-refractivity contribution in [3.8, 4) is 0 Å². The predicted octanol–water partition coefficient (Wildman–Crippen LogP) is 7.32. The van der Waals surface area contributed by atoms with E-state index in [-0.39, 0.29) is 29.4 Å². The molecule has 0 amide bonds. The fraction of sp³-hybridized carbons (Fsp3) is 0.559. The minimum atomic E-state index is -3.74. The number of esters is 1. The Kier molecular flexibility index (Phi) is 12.6. The molecular formula is C34H51NO6SSi. The summed E-state index contributed by atoms with van der Waals surface area (Å²) in [6.45, 7) is 14.6. The largest absolute Gasteiger partial charge is 0.469 e. The van der Waals surface area contributed by atoms with Crippen LogP contribution in [0.3, 0.4) is 0 Å². The molecule has 9 heteroatoms. The van der Waals surface area contributed by atoms with Crippen LogP contribution in [0.25, 0.3) is 0 Å². The molecule has 0 saturated carbocycles. The van der Waals surface area contributed by atoms with E-state index in [4.69, 9.17) is 13.9 Å². The van der Waals surface area contributed by atoms with Crippen molar-refractivity contribution >= 4 is 24.1 Å². The molecule has 0 spiro atoms. The average Bonchev–Trinajstić information content (AvgIpc) is 2.97. The molecule has 0 aliphatic carbocycles. The van der Waals surface area contributed by atoms with E-state index in [9.17, 15) is 13.2 Å². The zero-order valence-electron chi connectivity index (χ0n) is 27.1. The molecule has 1 N–H and O–H groups in total. The summed E-state index contributed by atoms with van der Waals surface area (Å²) < 4.78 is 45.6. The minimum absolute atomic E-state index is 0.0175. The number of benzene rings is 2. The molecule has 0 fully saturated rings. The lowest BCUT2D eigenvalue weighted by Gasteiger charge is -2.39. The summed E-state index contributed by atoms with van der Waals surface area (Å²) in [5.74, 6) is -0.479. The van der Waals surface area contributed by atoms with Crippen LogP contribution in [0.2, 0.25) is 18.1 Å². The lowest BCUT2D eigenvalue weighted by molar-refractivity contribution is -0.140. The summed E-state index contributed by atoms with van der Waals surface area (Å²) in [6, 6.07) is 17.0. The quantitative estimate of drug-likeness (QED) is 0.125. The van der Waals surface area contributed by atoms with Crippen LogP contribution >= 0.6 is 0 Å². The van der Waals surface area contributed by atoms with E-state index in [0.29, 0.717) is 61.0 Å². The monoisotopic (exact) mass is 629 g/mol. The third kappa shape index (κ3) is 10.0. The van der Waals surface area contributed by atoms with Crippen molar-refractivity contribution in [2.75, 3.05) is 20.3 Å². The van der Waals surface area contributed by atoms with Crippen LogP contribution in [0.4, 0.5) is 0 Å². The van der Waals surface area contributed by atoms with Crippen LogP contribution in [-0.4, -0.2) is 49.1 Å². The summed E-state index contributed by atoms with van der Waals surface area (Å²) in [6.07, 6.45) is 3.17. The summed E-state index contributed by atoms with van der Waals surface area (Å²) >= 11 is 0. The Morgan fingerprint density at radius 1 is 1.05 bits per heavy atom. The summed E-state index contributed by atoms with van der Waals surface area (Å²) in [4.78, 5) is 12.9. The number of methoxy groups -OCH3 is 1. The summed E-state index contributed by atoms with van der Waals surface area (Å²) in [5.41, 5.74) is 2.82. The summed E-state index contributed by atoms with van der Waals surface area (Å²) in [5, 5.41) is 3.70. The number of hydrogen-bond acceptors (Lipinski definition) is 7. The van der Waals surface area contributed by atoms with E-state index >= 15 is 0 Å². The standard InChI is InChI=1S/C34H51NO6SSi/c1-26-15-19-30(20-16-26)42(37,38)31-21-18-29(25-41-43(6,7)34(2,3)4)35-33(31)28(17-22-32(36)39-5)14-11-23-40-24-27-12-9-8-10-13-27/h8-10,12-13,15-16,19-20,28-29,35H,11,14,17-18,21-25H2,1-7H3/t28-,29+/m0/s1. The number of hydrogen-bond donors (Lipinski definition) is 1. The maximum atomic E-state index is 14.1. The molecule has 0 bridgehead atoms. The fourth-order valence-electron chi connectivity index (χ4n) is 4.97. The Morgan fingerprint density at radius 3 is 2.35 bits per heavy atom. The highest BCUT2D eigenvalue weighted by Gasteiger charge is 2.39. The van der Waals surface area contributed by atoms with Gasteiger partial charge in [0.2, 0.25) is 9.84 Å². The van der Waals surface area contributed by atoms with Crippen molar-refractivity contribution in [2.45, 2.75) is 102 Å². The topological polar surface area (TPSA) is 90.9 Å². The van der Waals surface area contributed by atoms with Gasteiger partial charge >= 0.3 is 5.97 Å². The average molecular weight is 630 g/mol. The summed E-state index contributed by atoms with van der Waals surface area (Å²) in [7, 11) is -4.35. The van der Waals surface area contributed by atoms with E-state index in [1.807, 2.05) is 49.4 Å². The first-order chi connectivity index (χ1) is 20.2. The van der Waals surface area contributed by atoms with E-state index in [1.54, 1.807) is 12.1 Å². The second kappa shape index (κ2) is 15.5. The SMILES string of the molecule is COC(=O)CC[C@H](CCCOCc1ccccc1)C1=C(S(=O)(=O)c2ccc(C)cc2)CC[C@H](CO[Si](C)(C)C(C)(C)C)N1.